The highest BCUT2D eigenvalue weighted by atomic mass is 35.5. The SMILES string of the molecule is CC(C)CNCc1ccc(COCc2ccc(Cl)cc2)o1. The number of ether oxygens (including phenoxy) is 1. The van der Waals surface area contributed by atoms with Gasteiger partial charge in [0.25, 0.3) is 0 Å². The van der Waals surface area contributed by atoms with Gasteiger partial charge < -0.3 is 14.5 Å². The van der Waals surface area contributed by atoms with Crippen molar-refractivity contribution in [1.82, 2.24) is 5.32 Å². The predicted octanol–water partition coefficient (Wildman–Crippen LogP) is 4.40. The summed E-state index contributed by atoms with van der Waals surface area (Å²) in [5.74, 6) is 2.44. The number of hydrogen-bond donors (Lipinski definition) is 1. The molecular weight excluding hydrogens is 286 g/mol. The van der Waals surface area contributed by atoms with Gasteiger partial charge in [0.1, 0.15) is 18.1 Å². The monoisotopic (exact) mass is 307 g/mol. The van der Waals surface area contributed by atoms with E-state index in [-0.39, 0.29) is 0 Å². The summed E-state index contributed by atoms with van der Waals surface area (Å²) in [5, 5.41) is 4.09. The summed E-state index contributed by atoms with van der Waals surface area (Å²) in [7, 11) is 0. The molecule has 0 saturated heterocycles. The first-order valence-electron chi connectivity index (χ1n) is 7.24. The highest BCUT2D eigenvalue weighted by Crippen LogP contribution is 2.13. The lowest BCUT2D eigenvalue weighted by Crippen LogP contribution is -2.18. The molecule has 0 amide bonds. The maximum atomic E-state index is 5.84. The van der Waals surface area contributed by atoms with Gasteiger partial charge in [0.15, 0.2) is 0 Å². The maximum Gasteiger partial charge on any atom is 0.129 e. The van der Waals surface area contributed by atoms with Gasteiger partial charge in [0, 0.05) is 5.02 Å². The Bertz CT molecular complexity index is 534. The number of nitrogens with one attached hydrogen (secondary N) is 1. The summed E-state index contributed by atoms with van der Waals surface area (Å²) in [4.78, 5) is 0. The van der Waals surface area contributed by atoms with E-state index in [0.29, 0.717) is 19.1 Å². The Labute approximate surface area is 131 Å². The van der Waals surface area contributed by atoms with Crippen LogP contribution in [0.2, 0.25) is 5.02 Å². The molecule has 0 fully saturated rings. The molecule has 2 rings (SSSR count). The zero-order valence-corrected chi connectivity index (χ0v) is 13.3. The normalized spacial score (nSPS) is 11.2. The van der Waals surface area contributed by atoms with Crippen molar-refractivity contribution in [3.05, 3.63) is 58.5 Å². The van der Waals surface area contributed by atoms with E-state index in [1.807, 2.05) is 36.4 Å². The summed E-state index contributed by atoms with van der Waals surface area (Å²) in [6, 6.07) is 11.6. The molecule has 0 spiro atoms. The Morgan fingerprint density at radius 3 is 2.48 bits per heavy atom. The minimum Gasteiger partial charge on any atom is -0.462 e. The first kappa shape index (κ1) is 16.1. The van der Waals surface area contributed by atoms with E-state index in [0.717, 1.165) is 35.2 Å². The van der Waals surface area contributed by atoms with Crippen molar-refractivity contribution in [2.45, 2.75) is 33.6 Å². The predicted molar refractivity (Wildman–Crippen MR) is 85.2 cm³/mol. The summed E-state index contributed by atoms with van der Waals surface area (Å²) in [6.45, 7) is 7.15. The van der Waals surface area contributed by atoms with E-state index < -0.39 is 0 Å². The largest absolute Gasteiger partial charge is 0.462 e. The standard InChI is InChI=1S/C17H22ClNO2/c1-13(2)9-19-10-16-7-8-17(21-16)12-20-11-14-3-5-15(18)6-4-14/h3-8,13,19H,9-12H2,1-2H3. The van der Waals surface area contributed by atoms with Crippen LogP contribution in [0.1, 0.15) is 30.9 Å². The fraction of sp³-hybridized carbons (Fsp3) is 0.412. The molecular formula is C17H22ClNO2. The molecule has 1 N–H and O–H groups in total. The molecule has 21 heavy (non-hydrogen) atoms. The second kappa shape index (κ2) is 8.23. The van der Waals surface area contributed by atoms with Crippen LogP contribution >= 0.6 is 11.6 Å². The van der Waals surface area contributed by atoms with Crippen molar-refractivity contribution < 1.29 is 9.15 Å². The van der Waals surface area contributed by atoms with Crippen LogP contribution in [-0.4, -0.2) is 6.54 Å². The second-order valence-corrected chi connectivity index (χ2v) is 5.95. The van der Waals surface area contributed by atoms with Crippen LogP contribution in [0.25, 0.3) is 0 Å². The zero-order chi connectivity index (χ0) is 15.1. The van der Waals surface area contributed by atoms with Gasteiger partial charge in [-0.3, -0.25) is 0 Å². The van der Waals surface area contributed by atoms with Crippen molar-refractivity contribution in [2.24, 2.45) is 5.92 Å². The van der Waals surface area contributed by atoms with E-state index in [2.05, 4.69) is 19.2 Å². The smallest absolute Gasteiger partial charge is 0.129 e. The number of rotatable bonds is 8. The molecule has 4 heteroatoms. The molecule has 114 valence electrons. The lowest BCUT2D eigenvalue weighted by Gasteiger charge is -2.05. The van der Waals surface area contributed by atoms with Crippen molar-refractivity contribution >= 4 is 11.6 Å². The van der Waals surface area contributed by atoms with E-state index in [4.69, 9.17) is 20.8 Å². The minimum absolute atomic E-state index is 0.479. The van der Waals surface area contributed by atoms with Crippen molar-refractivity contribution in [3.63, 3.8) is 0 Å². The van der Waals surface area contributed by atoms with Gasteiger partial charge in [-0.05, 0) is 42.3 Å². The van der Waals surface area contributed by atoms with Gasteiger partial charge in [-0.2, -0.15) is 0 Å². The third kappa shape index (κ3) is 5.92. The van der Waals surface area contributed by atoms with E-state index in [1.54, 1.807) is 0 Å². The van der Waals surface area contributed by atoms with Crippen LogP contribution in [0.5, 0.6) is 0 Å². The number of benzene rings is 1. The number of halogens is 1. The molecule has 0 aliphatic carbocycles. The highest BCUT2D eigenvalue weighted by Gasteiger charge is 2.03. The van der Waals surface area contributed by atoms with Crippen molar-refractivity contribution in [1.29, 1.82) is 0 Å². The Balaban J connectivity index is 1.71. The summed E-state index contributed by atoms with van der Waals surface area (Å²) < 4.78 is 11.4. The molecule has 0 saturated carbocycles. The first-order chi connectivity index (χ1) is 10.1. The topological polar surface area (TPSA) is 34.4 Å². The Hall–Kier alpha value is -1.29. The maximum absolute atomic E-state index is 5.84. The minimum atomic E-state index is 0.479. The van der Waals surface area contributed by atoms with E-state index >= 15 is 0 Å². The molecule has 1 heterocycles. The molecule has 1 aromatic heterocycles. The molecule has 0 unspecified atom stereocenters. The Kier molecular flexibility index (Phi) is 6.30. The summed E-state index contributed by atoms with van der Waals surface area (Å²) in [5.41, 5.74) is 1.10. The number of furan rings is 1. The average Bonchev–Trinajstić information content (AvgIpc) is 2.88. The molecule has 0 bridgehead atoms. The van der Waals surface area contributed by atoms with Gasteiger partial charge in [-0.15, -0.1) is 0 Å². The van der Waals surface area contributed by atoms with Crippen LogP contribution in [-0.2, 0) is 24.5 Å². The van der Waals surface area contributed by atoms with Crippen molar-refractivity contribution in [2.75, 3.05) is 6.54 Å². The van der Waals surface area contributed by atoms with E-state index in [9.17, 15) is 0 Å². The van der Waals surface area contributed by atoms with Crippen LogP contribution in [0.15, 0.2) is 40.8 Å². The van der Waals surface area contributed by atoms with Crippen LogP contribution in [0.4, 0.5) is 0 Å². The molecule has 0 aliphatic heterocycles. The van der Waals surface area contributed by atoms with Crippen LogP contribution in [0.3, 0.4) is 0 Å². The zero-order valence-electron chi connectivity index (χ0n) is 12.6. The molecule has 2 aromatic rings. The highest BCUT2D eigenvalue weighted by molar-refractivity contribution is 6.30. The van der Waals surface area contributed by atoms with Gasteiger partial charge in [-0.1, -0.05) is 37.6 Å². The van der Waals surface area contributed by atoms with Gasteiger partial charge >= 0.3 is 0 Å². The fourth-order valence-corrected chi connectivity index (χ4v) is 2.06. The lowest BCUT2D eigenvalue weighted by molar-refractivity contribution is 0.0920. The first-order valence-corrected chi connectivity index (χ1v) is 7.62. The lowest BCUT2D eigenvalue weighted by atomic mass is 10.2. The molecule has 0 radical (unpaired) electrons. The Morgan fingerprint density at radius 1 is 1.05 bits per heavy atom. The number of hydrogen-bond acceptors (Lipinski definition) is 3. The third-order valence-electron chi connectivity index (χ3n) is 3.00. The molecule has 3 nitrogen and oxygen atoms in total. The van der Waals surface area contributed by atoms with Gasteiger partial charge in [0.2, 0.25) is 0 Å². The molecule has 1 aromatic carbocycles. The molecule has 0 aliphatic rings. The van der Waals surface area contributed by atoms with Gasteiger partial charge in [0.05, 0.1) is 13.2 Å². The summed E-state index contributed by atoms with van der Waals surface area (Å²) >= 11 is 5.84. The van der Waals surface area contributed by atoms with Gasteiger partial charge in [-0.25, -0.2) is 0 Å². The van der Waals surface area contributed by atoms with Crippen LogP contribution in [0, 0.1) is 5.92 Å². The third-order valence-corrected chi connectivity index (χ3v) is 3.25. The quantitative estimate of drug-likeness (QED) is 0.785. The second-order valence-electron chi connectivity index (χ2n) is 5.51. The van der Waals surface area contributed by atoms with E-state index in [1.165, 1.54) is 0 Å². The molecule has 0 atom stereocenters. The fourth-order valence-electron chi connectivity index (χ4n) is 1.93. The summed E-state index contributed by atoms with van der Waals surface area (Å²) in [6.07, 6.45) is 0. The van der Waals surface area contributed by atoms with Crippen molar-refractivity contribution in [3.8, 4) is 0 Å². The Morgan fingerprint density at radius 2 is 1.76 bits per heavy atom. The average molecular weight is 308 g/mol. The van der Waals surface area contributed by atoms with Crippen LogP contribution < -0.4 is 5.32 Å².